The molecule has 8 heteroatoms. The quantitative estimate of drug-likeness (QED) is 0.529. The molecule has 0 amide bonds. The van der Waals surface area contributed by atoms with Gasteiger partial charge in [0.25, 0.3) is 0 Å². The smallest absolute Gasteiger partial charge is 0.169 e. The molecular formula is C23H25N7O. The highest BCUT2D eigenvalue weighted by Crippen LogP contribution is 2.31. The van der Waals surface area contributed by atoms with Crippen molar-refractivity contribution in [2.75, 3.05) is 36.8 Å². The fourth-order valence-corrected chi connectivity index (χ4v) is 4.18. The summed E-state index contributed by atoms with van der Waals surface area (Å²) in [7, 11) is 1.96. The molecule has 0 unspecified atom stereocenters. The Bertz CT molecular complexity index is 1230. The summed E-state index contributed by atoms with van der Waals surface area (Å²) in [6.45, 7) is 4.47. The van der Waals surface area contributed by atoms with Crippen molar-refractivity contribution in [2.45, 2.75) is 6.54 Å². The number of piperazine rings is 1. The second-order valence-corrected chi connectivity index (χ2v) is 7.94. The van der Waals surface area contributed by atoms with Gasteiger partial charge in [0.1, 0.15) is 5.75 Å². The maximum atomic E-state index is 10.2. The molecule has 0 bridgehead atoms. The molecule has 5 rings (SSSR count). The lowest BCUT2D eigenvalue weighted by Gasteiger charge is -2.36. The molecule has 0 aliphatic carbocycles. The normalized spacial score (nSPS) is 14.9. The predicted molar refractivity (Wildman–Crippen MR) is 122 cm³/mol. The molecule has 1 aliphatic rings. The number of rotatable bonds is 4. The fourth-order valence-electron chi connectivity index (χ4n) is 4.18. The van der Waals surface area contributed by atoms with Crippen LogP contribution < -0.4 is 10.6 Å². The summed E-state index contributed by atoms with van der Waals surface area (Å²) >= 11 is 0. The van der Waals surface area contributed by atoms with Gasteiger partial charge in [0.05, 0.1) is 23.1 Å². The molecule has 3 N–H and O–H groups in total. The zero-order valence-corrected chi connectivity index (χ0v) is 17.4. The molecule has 0 spiro atoms. The summed E-state index contributed by atoms with van der Waals surface area (Å²) in [6.07, 6.45) is 1.91. The molecule has 1 fully saturated rings. The first kappa shape index (κ1) is 19.3. The number of phenolic OH excluding ortho intramolecular Hbond substituents is 1. The van der Waals surface area contributed by atoms with E-state index < -0.39 is 0 Å². The van der Waals surface area contributed by atoms with Crippen molar-refractivity contribution in [1.82, 2.24) is 24.9 Å². The average molecular weight is 416 g/mol. The van der Waals surface area contributed by atoms with Crippen LogP contribution in [-0.4, -0.2) is 56.2 Å². The monoisotopic (exact) mass is 415 g/mol. The first-order valence-electron chi connectivity index (χ1n) is 10.4. The summed E-state index contributed by atoms with van der Waals surface area (Å²) in [5, 5.41) is 24.0. The Hall–Kier alpha value is -3.65. The van der Waals surface area contributed by atoms with Gasteiger partial charge in [-0.25, -0.2) is 0 Å². The first-order valence-corrected chi connectivity index (χ1v) is 10.4. The SMILES string of the molecule is Cn1ncc2cc(CN3CCN(c4cc(-c5ccccc5O)nnc4N)CC3)ccc21. The minimum Gasteiger partial charge on any atom is -0.507 e. The van der Waals surface area contributed by atoms with Gasteiger partial charge in [-0.3, -0.25) is 9.58 Å². The van der Waals surface area contributed by atoms with Crippen molar-refractivity contribution in [2.24, 2.45) is 7.05 Å². The van der Waals surface area contributed by atoms with Gasteiger partial charge in [0, 0.05) is 50.7 Å². The van der Waals surface area contributed by atoms with E-state index in [1.165, 1.54) is 10.9 Å². The highest BCUT2D eigenvalue weighted by molar-refractivity contribution is 5.79. The molecule has 8 nitrogen and oxygen atoms in total. The number of hydrogen-bond acceptors (Lipinski definition) is 7. The van der Waals surface area contributed by atoms with E-state index in [2.05, 4.69) is 43.3 Å². The molecule has 0 atom stereocenters. The van der Waals surface area contributed by atoms with E-state index in [1.807, 2.05) is 36.1 Å². The average Bonchev–Trinajstić information content (AvgIpc) is 3.15. The van der Waals surface area contributed by atoms with Crippen LogP contribution >= 0.6 is 0 Å². The number of aryl methyl sites for hydroxylation is 1. The number of aromatic hydroxyl groups is 1. The number of para-hydroxylation sites is 1. The summed E-state index contributed by atoms with van der Waals surface area (Å²) in [6, 6.07) is 15.6. The number of benzene rings is 2. The number of phenols is 1. The Kier molecular flexibility index (Phi) is 4.91. The predicted octanol–water partition coefficient (Wildman–Crippen LogP) is 2.64. The van der Waals surface area contributed by atoms with Gasteiger partial charge in [0.15, 0.2) is 5.82 Å². The third kappa shape index (κ3) is 3.77. The maximum Gasteiger partial charge on any atom is 0.169 e. The van der Waals surface area contributed by atoms with Crippen LogP contribution in [-0.2, 0) is 13.6 Å². The standard InChI is InChI=1S/C23H25N7O/c1-28-20-7-6-16(12-17(20)14-25-28)15-29-8-10-30(11-9-29)21-13-19(26-27-23(21)24)18-4-2-3-5-22(18)31/h2-7,12-14,31H,8-11,15H2,1H3,(H2,24,27). The number of nitrogens with zero attached hydrogens (tertiary/aromatic N) is 6. The van der Waals surface area contributed by atoms with Crippen molar-refractivity contribution in [3.63, 3.8) is 0 Å². The van der Waals surface area contributed by atoms with Crippen LogP contribution in [0.15, 0.2) is 54.7 Å². The summed E-state index contributed by atoms with van der Waals surface area (Å²) in [5.74, 6) is 0.595. The topological polar surface area (TPSA) is 96.3 Å². The third-order valence-electron chi connectivity index (χ3n) is 5.91. The van der Waals surface area contributed by atoms with E-state index in [1.54, 1.807) is 12.1 Å². The molecule has 0 radical (unpaired) electrons. The molecular weight excluding hydrogens is 390 g/mol. The van der Waals surface area contributed by atoms with Gasteiger partial charge >= 0.3 is 0 Å². The third-order valence-corrected chi connectivity index (χ3v) is 5.91. The second kappa shape index (κ2) is 7.88. The van der Waals surface area contributed by atoms with Gasteiger partial charge in [-0.05, 0) is 35.9 Å². The van der Waals surface area contributed by atoms with E-state index >= 15 is 0 Å². The molecule has 158 valence electrons. The van der Waals surface area contributed by atoms with Crippen LogP contribution in [0.4, 0.5) is 11.5 Å². The van der Waals surface area contributed by atoms with Crippen LogP contribution in [0.25, 0.3) is 22.2 Å². The Morgan fingerprint density at radius 2 is 1.81 bits per heavy atom. The van der Waals surface area contributed by atoms with Crippen molar-refractivity contribution in [3.8, 4) is 17.0 Å². The number of anilines is 2. The van der Waals surface area contributed by atoms with Crippen LogP contribution in [0.3, 0.4) is 0 Å². The van der Waals surface area contributed by atoms with Crippen molar-refractivity contribution >= 4 is 22.4 Å². The largest absolute Gasteiger partial charge is 0.507 e. The minimum atomic E-state index is 0.183. The van der Waals surface area contributed by atoms with Crippen molar-refractivity contribution in [1.29, 1.82) is 0 Å². The number of fused-ring (bicyclic) bond motifs is 1. The molecule has 0 saturated carbocycles. The molecule has 2 aromatic carbocycles. The highest BCUT2D eigenvalue weighted by atomic mass is 16.3. The van der Waals surface area contributed by atoms with Gasteiger partial charge < -0.3 is 15.7 Å². The summed E-state index contributed by atoms with van der Waals surface area (Å²) in [4.78, 5) is 4.69. The second-order valence-electron chi connectivity index (χ2n) is 7.94. The first-order chi connectivity index (χ1) is 15.1. The number of aromatic nitrogens is 4. The van der Waals surface area contributed by atoms with E-state index in [4.69, 9.17) is 5.73 Å². The Morgan fingerprint density at radius 3 is 2.61 bits per heavy atom. The van der Waals surface area contributed by atoms with E-state index in [9.17, 15) is 5.11 Å². The number of nitrogen functional groups attached to an aromatic ring is 1. The van der Waals surface area contributed by atoms with Crippen LogP contribution in [0.5, 0.6) is 5.75 Å². The lowest BCUT2D eigenvalue weighted by Crippen LogP contribution is -2.46. The number of nitrogens with two attached hydrogens (primary N) is 1. The molecule has 3 heterocycles. The Morgan fingerprint density at radius 1 is 1.00 bits per heavy atom. The number of hydrogen-bond donors (Lipinski definition) is 2. The Labute approximate surface area is 180 Å². The fraction of sp³-hybridized carbons (Fsp3) is 0.261. The lowest BCUT2D eigenvalue weighted by molar-refractivity contribution is 0.250. The lowest BCUT2D eigenvalue weighted by atomic mass is 10.1. The zero-order valence-electron chi connectivity index (χ0n) is 17.4. The molecule has 1 aliphatic heterocycles. The van der Waals surface area contributed by atoms with Gasteiger partial charge in [0.2, 0.25) is 0 Å². The van der Waals surface area contributed by atoms with Crippen molar-refractivity contribution in [3.05, 3.63) is 60.3 Å². The maximum absolute atomic E-state index is 10.2. The summed E-state index contributed by atoms with van der Waals surface area (Å²) in [5.41, 5.74) is 10.7. The molecule has 31 heavy (non-hydrogen) atoms. The van der Waals surface area contributed by atoms with E-state index in [0.29, 0.717) is 17.1 Å². The zero-order chi connectivity index (χ0) is 21.4. The van der Waals surface area contributed by atoms with Gasteiger partial charge in [-0.2, -0.15) is 5.10 Å². The van der Waals surface area contributed by atoms with Gasteiger partial charge in [-0.1, -0.05) is 18.2 Å². The molecule has 4 aromatic rings. The van der Waals surface area contributed by atoms with Crippen LogP contribution in [0.1, 0.15) is 5.56 Å². The van der Waals surface area contributed by atoms with Crippen molar-refractivity contribution < 1.29 is 5.11 Å². The van der Waals surface area contributed by atoms with E-state index in [-0.39, 0.29) is 5.75 Å². The van der Waals surface area contributed by atoms with Crippen LogP contribution in [0.2, 0.25) is 0 Å². The highest BCUT2D eigenvalue weighted by Gasteiger charge is 2.21. The van der Waals surface area contributed by atoms with Gasteiger partial charge in [-0.15, -0.1) is 10.2 Å². The molecule has 2 aromatic heterocycles. The Balaban J connectivity index is 1.29. The minimum absolute atomic E-state index is 0.183. The van der Waals surface area contributed by atoms with E-state index in [0.717, 1.165) is 43.9 Å². The van der Waals surface area contributed by atoms with Crippen LogP contribution in [0, 0.1) is 0 Å². The summed E-state index contributed by atoms with van der Waals surface area (Å²) < 4.78 is 1.90. The molecule has 1 saturated heterocycles.